The standard InChI is InChI=1S/C15H16O2S2/c1-3-15(14(16)17,11-6-7-19-9-11)12-5-4-10(2)8-13(12)18/h4-9,18H,3H2,1-2H3,(H,16,17). The van der Waals surface area contributed by atoms with E-state index in [-0.39, 0.29) is 0 Å². The Hall–Kier alpha value is -1.26. The zero-order valence-electron chi connectivity index (χ0n) is 10.9. The molecule has 0 aliphatic heterocycles. The van der Waals surface area contributed by atoms with Gasteiger partial charge in [0, 0.05) is 4.90 Å². The highest BCUT2D eigenvalue weighted by molar-refractivity contribution is 7.80. The van der Waals surface area contributed by atoms with Gasteiger partial charge in [-0.05, 0) is 47.4 Å². The minimum Gasteiger partial charge on any atom is -0.480 e. The summed E-state index contributed by atoms with van der Waals surface area (Å²) in [6.07, 6.45) is 0.496. The summed E-state index contributed by atoms with van der Waals surface area (Å²) in [6, 6.07) is 7.62. The Bertz CT molecular complexity index is 590. The van der Waals surface area contributed by atoms with Gasteiger partial charge < -0.3 is 5.11 Å². The van der Waals surface area contributed by atoms with Crippen LogP contribution < -0.4 is 0 Å². The van der Waals surface area contributed by atoms with Crippen LogP contribution in [0.5, 0.6) is 0 Å². The molecular formula is C15H16O2S2. The van der Waals surface area contributed by atoms with Crippen LogP contribution in [0.3, 0.4) is 0 Å². The summed E-state index contributed by atoms with van der Waals surface area (Å²) < 4.78 is 0. The average Bonchev–Trinajstić information content (AvgIpc) is 2.87. The molecule has 1 aromatic heterocycles. The van der Waals surface area contributed by atoms with Gasteiger partial charge in [-0.3, -0.25) is 4.79 Å². The maximum atomic E-state index is 12.0. The molecule has 19 heavy (non-hydrogen) atoms. The summed E-state index contributed by atoms with van der Waals surface area (Å²) in [4.78, 5) is 12.7. The summed E-state index contributed by atoms with van der Waals surface area (Å²) in [6.45, 7) is 3.88. The van der Waals surface area contributed by atoms with Crippen molar-refractivity contribution in [3.05, 3.63) is 51.7 Å². The number of carboxylic acid groups (broad SMARTS) is 1. The lowest BCUT2D eigenvalue weighted by Gasteiger charge is -2.29. The summed E-state index contributed by atoms with van der Waals surface area (Å²) in [5.41, 5.74) is 1.65. The van der Waals surface area contributed by atoms with E-state index < -0.39 is 11.4 Å². The molecule has 0 aliphatic rings. The van der Waals surface area contributed by atoms with Gasteiger partial charge in [-0.2, -0.15) is 11.3 Å². The van der Waals surface area contributed by atoms with Crippen LogP contribution in [0.4, 0.5) is 0 Å². The van der Waals surface area contributed by atoms with Crippen molar-refractivity contribution in [3.63, 3.8) is 0 Å². The number of thiophene rings is 1. The first-order valence-electron chi connectivity index (χ1n) is 6.08. The molecule has 4 heteroatoms. The molecule has 0 saturated carbocycles. The number of rotatable bonds is 4. The van der Waals surface area contributed by atoms with E-state index >= 15 is 0 Å². The lowest BCUT2D eigenvalue weighted by atomic mass is 9.73. The molecule has 0 spiro atoms. The first-order valence-corrected chi connectivity index (χ1v) is 7.47. The van der Waals surface area contributed by atoms with Crippen LogP contribution in [0, 0.1) is 6.92 Å². The summed E-state index contributed by atoms with van der Waals surface area (Å²) in [7, 11) is 0. The Labute approximate surface area is 122 Å². The molecule has 0 aliphatic carbocycles. The minimum atomic E-state index is -1.01. The normalized spacial score (nSPS) is 14.1. The SMILES string of the molecule is CCC(C(=O)O)(c1ccsc1)c1ccc(C)cc1S. The first-order chi connectivity index (χ1) is 9.02. The minimum absolute atomic E-state index is 0.496. The monoisotopic (exact) mass is 292 g/mol. The van der Waals surface area contributed by atoms with E-state index in [1.54, 1.807) is 0 Å². The Morgan fingerprint density at radius 1 is 1.42 bits per heavy atom. The number of thiol groups is 1. The molecule has 0 bridgehead atoms. The van der Waals surface area contributed by atoms with E-state index in [4.69, 9.17) is 0 Å². The van der Waals surface area contributed by atoms with Gasteiger partial charge in [0.25, 0.3) is 0 Å². The Balaban J connectivity index is 2.71. The van der Waals surface area contributed by atoms with Crippen LogP contribution in [0.1, 0.15) is 30.0 Å². The molecule has 0 fully saturated rings. The Morgan fingerprint density at radius 3 is 2.63 bits per heavy atom. The van der Waals surface area contributed by atoms with Crippen molar-refractivity contribution in [3.8, 4) is 0 Å². The second kappa shape index (κ2) is 5.39. The van der Waals surface area contributed by atoms with Gasteiger partial charge in [-0.25, -0.2) is 0 Å². The number of benzene rings is 1. The predicted octanol–water partition coefficient (Wildman–Crippen LogP) is 4.13. The molecule has 2 rings (SSSR count). The van der Waals surface area contributed by atoms with Gasteiger partial charge in [-0.15, -0.1) is 12.6 Å². The highest BCUT2D eigenvalue weighted by Gasteiger charge is 2.42. The third kappa shape index (κ3) is 2.30. The van der Waals surface area contributed by atoms with E-state index in [0.717, 1.165) is 21.6 Å². The van der Waals surface area contributed by atoms with Crippen molar-refractivity contribution in [2.75, 3.05) is 0 Å². The summed E-state index contributed by atoms with van der Waals surface area (Å²) in [5, 5.41) is 13.6. The van der Waals surface area contributed by atoms with Gasteiger partial charge in [0.15, 0.2) is 0 Å². The fraction of sp³-hybridized carbons (Fsp3) is 0.267. The van der Waals surface area contributed by atoms with Crippen LogP contribution >= 0.6 is 24.0 Å². The van der Waals surface area contributed by atoms with E-state index in [9.17, 15) is 9.90 Å². The number of carboxylic acids is 1. The van der Waals surface area contributed by atoms with Gasteiger partial charge in [-0.1, -0.05) is 24.6 Å². The fourth-order valence-corrected chi connectivity index (χ4v) is 3.65. The topological polar surface area (TPSA) is 37.3 Å². The molecule has 2 aromatic rings. The third-order valence-corrected chi connectivity index (χ3v) is 4.58. The molecule has 0 amide bonds. The molecule has 100 valence electrons. The smallest absolute Gasteiger partial charge is 0.318 e. The van der Waals surface area contributed by atoms with Crippen molar-refractivity contribution in [2.45, 2.75) is 30.6 Å². The molecule has 2 nitrogen and oxygen atoms in total. The van der Waals surface area contributed by atoms with Gasteiger partial charge in [0.05, 0.1) is 0 Å². The van der Waals surface area contributed by atoms with Crippen LogP contribution in [0.2, 0.25) is 0 Å². The van der Waals surface area contributed by atoms with E-state index in [0.29, 0.717) is 6.42 Å². The molecule has 1 heterocycles. The zero-order valence-corrected chi connectivity index (χ0v) is 12.6. The Kier molecular flexibility index (Phi) is 4.02. The summed E-state index contributed by atoms with van der Waals surface area (Å²) >= 11 is 6.00. The fourth-order valence-electron chi connectivity index (χ4n) is 2.45. The lowest BCUT2D eigenvalue weighted by Crippen LogP contribution is -2.36. The molecule has 0 radical (unpaired) electrons. The van der Waals surface area contributed by atoms with E-state index in [1.165, 1.54) is 11.3 Å². The number of hydrogen-bond donors (Lipinski definition) is 2. The number of carbonyl (C=O) groups is 1. The van der Waals surface area contributed by atoms with Crippen molar-refractivity contribution in [2.24, 2.45) is 0 Å². The molecule has 1 unspecified atom stereocenters. The maximum absolute atomic E-state index is 12.0. The predicted molar refractivity (Wildman–Crippen MR) is 81.5 cm³/mol. The molecule has 1 aromatic carbocycles. The highest BCUT2D eigenvalue weighted by Crippen LogP contribution is 2.40. The molecular weight excluding hydrogens is 276 g/mol. The number of aryl methyl sites for hydroxylation is 1. The molecule has 1 atom stereocenters. The lowest BCUT2D eigenvalue weighted by molar-refractivity contribution is -0.142. The molecule has 1 N–H and O–H groups in total. The zero-order chi connectivity index (χ0) is 14.0. The second-order valence-corrected chi connectivity index (χ2v) is 5.86. The first kappa shape index (κ1) is 14.2. The van der Waals surface area contributed by atoms with Crippen LogP contribution in [-0.2, 0) is 10.2 Å². The van der Waals surface area contributed by atoms with E-state index in [2.05, 4.69) is 12.6 Å². The Morgan fingerprint density at radius 2 is 2.16 bits per heavy atom. The van der Waals surface area contributed by atoms with Gasteiger partial charge in [0.1, 0.15) is 5.41 Å². The van der Waals surface area contributed by atoms with Crippen LogP contribution in [0.25, 0.3) is 0 Å². The number of aliphatic carboxylic acids is 1. The highest BCUT2D eigenvalue weighted by atomic mass is 32.1. The van der Waals surface area contributed by atoms with Gasteiger partial charge in [0.2, 0.25) is 0 Å². The maximum Gasteiger partial charge on any atom is 0.318 e. The number of hydrogen-bond acceptors (Lipinski definition) is 3. The molecule has 0 saturated heterocycles. The average molecular weight is 292 g/mol. The second-order valence-electron chi connectivity index (χ2n) is 4.60. The van der Waals surface area contributed by atoms with Gasteiger partial charge >= 0.3 is 5.97 Å². The van der Waals surface area contributed by atoms with E-state index in [1.807, 2.05) is 48.9 Å². The van der Waals surface area contributed by atoms with Crippen LogP contribution in [-0.4, -0.2) is 11.1 Å². The van der Waals surface area contributed by atoms with Crippen molar-refractivity contribution in [1.82, 2.24) is 0 Å². The van der Waals surface area contributed by atoms with Crippen molar-refractivity contribution >= 4 is 29.9 Å². The van der Waals surface area contributed by atoms with Crippen molar-refractivity contribution < 1.29 is 9.90 Å². The third-order valence-electron chi connectivity index (χ3n) is 3.52. The largest absolute Gasteiger partial charge is 0.480 e. The van der Waals surface area contributed by atoms with Crippen molar-refractivity contribution in [1.29, 1.82) is 0 Å². The van der Waals surface area contributed by atoms with Crippen LogP contribution in [0.15, 0.2) is 39.9 Å². The quantitative estimate of drug-likeness (QED) is 0.832. The summed E-state index contributed by atoms with van der Waals surface area (Å²) in [5.74, 6) is -0.826.